The summed E-state index contributed by atoms with van der Waals surface area (Å²) in [6.07, 6.45) is 1.27. The van der Waals surface area contributed by atoms with Gasteiger partial charge in [-0.05, 0) is 36.8 Å². The van der Waals surface area contributed by atoms with Crippen molar-refractivity contribution >= 4 is 40.7 Å². The fraction of sp³-hybridized carbons (Fsp3) is 0.348. The van der Waals surface area contributed by atoms with Crippen LogP contribution in [0.4, 0.5) is 11.4 Å². The molecule has 0 spiro atoms. The highest BCUT2D eigenvalue weighted by atomic mass is 35.5. The monoisotopic (exact) mass is 440 g/mol. The quantitative estimate of drug-likeness (QED) is 0.776. The van der Waals surface area contributed by atoms with Crippen molar-refractivity contribution in [2.75, 3.05) is 49.5 Å². The molecule has 162 valence electrons. The molecular weight excluding hydrogens is 416 g/mol. The van der Waals surface area contributed by atoms with Gasteiger partial charge >= 0.3 is 0 Å². The third-order valence-corrected chi connectivity index (χ3v) is 5.87. The normalized spacial score (nSPS) is 17.1. The summed E-state index contributed by atoms with van der Waals surface area (Å²) in [5.41, 5.74) is 1.85. The predicted octanol–water partition coefficient (Wildman–Crippen LogP) is 2.86. The van der Waals surface area contributed by atoms with Crippen LogP contribution in [-0.2, 0) is 9.59 Å². The number of hydrogen-bond acceptors (Lipinski definition) is 4. The maximum Gasteiger partial charge on any atom is 0.256 e. The van der Waals surface area contributed by atoms with Crippen LogP contribution in [0, 0.1) is 0 Å². The summed E-state index contributed by atoms with van der Waals surface area (Å²) in [4.78, 5) is 43.2. The van der Waals surface area contributed by atoms with E-state index in [1.807, 2.05) is 35.2 Å². The molecule has 1 N–H and O–H groups in total. The SMILES string of the molecule is O=C(CN1CCN(C(=O)c2ccc(Cl)cc2N2CCCC2=O)CC1)Nc1ccccc1. The second-order valence-corrected chi connectivity index (χ2v) is 8.23. The summed E-state index contributed by atoms with van der Waals surface area (Å²) < 4.78 is 0. The summed E-state index contributed by atoms with van der Waals surface area (Å²) >= 11 is 6.15. The van der Waals surface area contributed by atoms with Gasteiger partial charge in [-0.3, -0.25) is 19.3 Å². The van der Waals surface area contributed by atoms with E-state index in [2.05, 4.69) is 5.32 Å². The van der Waals surface area contributed by atoms with E-state index in [0.717, 1.165) is 12.1 Å². The molecule has 2 aliphatic heterocycles. The molecule has 2 heterocycles. The fourth-order valence-electron chi connectivity index (χ4n) is 4.02. The highest BCUT2D eigenvalue weighted by molar-refractivity contribution is 6.31. The Morgan fingerprint density at radius 2 is 1.71 bits per heavy atom. The molecule has 0 unspecified atom stereocenters. The Balaban J connectivity index is 1.36. The van der Waals surface area contributed by atoms with E-state index in [4.69, 9.17) is 11.6 Å². The topological polar surface area (TPSA) is 73.0 Å². The van der Waals surface area contributed by atoms with Crippen molar-refractivity contribution < 1.29 is 14.4 Å². The van der Waals surface area contributed by atoms with E-state index < -0.39 is 0 Å². The lowest BCUT2D eigenvalue weighted by molar-refractivity contribution is -0.118. The van der Waals surface area contributed by atoms with Crippen molar-refractivity contribution in [1.82, 2.24) is 9.80 Å². The largest absolute Gasteiger partial charge is 0.336 e. The molecule has 31 heavy (non-hydrogen) atoms. The minimum Gasteiger partial charge on any atom is -0.336 e. The Morgan fingerprint density at radius 3 is 2.39 bits per heavy atom. The van der Waals surface area contributed by atoms with Gasteiger partial charge in [0.25, 0.3) is 5.91 Å². The number of hydrogen-bond donors (Lipinski definition) is 1. The maximum absolute atomic E-state index is 13.2. The molecule has 3 amide bonds. The predicted molar refractivity (Wildman–Crippen MR) is 120 cm³/mol. The Hall–Kier alpha value is -2.90. The summed E-state index contributed by atoms with van der Waals surface area (Å²) in [5, 5.41) is 3.39. The van der Waals surface area contributed by atoms with E-state index in [1.54, 1.807) is 28.0 Å². The van der Waals surface area contributed by atoms with E-state index in [-0.39, 0.29) is 24.3 Å². The standard InChI is InChI=1S/C23H25ClN4O3/c24-17-8-9-19(20(15-17)28-10-4-7-22(28)30)23(31)27-13-11-26(12-14-27)16-21(29)25-18-5-2-1-3-6-18/h1-3,5-6,8-9,15H,4,7,10-14,16H2,(H,25,29). The van der Waals surface area contributed by atoms with Gasteiger partial charge in [-0.15, -0.1) is 0 Å². The number of piperazine rings is 1. The van der Waals surface area contributed by atoms with E-state index in [1.165, 1.54) is 0 Å². The lowest BCUT2D eigenvalue weighted by atomic mass is 10.1. The average molecular weight is 441 g/mol. The zero-order valence-corrected chi connectivity index (χ0v) is 18.0. The Kier molecular flexibility index (Phi) is 6.53. The second-order valence-electron chi connectivity index (χ2n) is 7.79. The first kappa shape index (κ1) is 21.3. The highest BCUT2D eigenvalue weighted by Crippen LogP contribution is 2.30. The number of nitrogens with zero attached hydrogens (tertiary/aromatic N) is 3. The van der Waals surface area contributed by atoms with Crippen LogP contribution in [0.2, 0.25) is 5.02 Å². The fourth-order valence-corrected chi connectivity index (χ4v) is 4.18. The first-order chi connectivity index (χ1) is 15.0. The summed E-state index contributed by atoms with van der Waals surface area (Å²) in [7, 11) is 0. The van der Waals surface area contributed by atoms with Gasteiger partial charge in [-0.1, -0.05) is 29.8 Å². The molecule has 0 aliphatic carbocycles. The number of amides is 3. The van der Waals surface area contributed by atoms with Gasteiger partial charge in [0.2, 0.25) is 11.8 Å². The molecule has 8 heteroatoms. The Labute approximate surface area is 186 Å². The molecule has 0 aromatic heterocycles. The van der Waals surface area contributed by atoms with Gasteiger partial charge in [0, 0.05) is 49.9 Å². The van der Waals surface area contributed by atoms with Gasteiger partial charge in [-0.25, -0.2) is 0 Å². The highest BCUT2D eigenvalue weighted by Gasteiger charge is 2.29. The van der Waals surface area contributed by atoms with Crippen LogP contribution >= 0.6 is 11.6 Å². The third-order valence-electron chi connectivity index (χ3n) is 5.64. The molecule has 0 radical (unpaired) electrons. The number of para-hydroxylation sites is 1. The van der Waals surface area contributed by atoms with Gasteiger partial charge in [-0.2, -0.15) is 0 Å². The van der Waals surface area contributed by atoms with E-state index in [0.29, 0.717) is 55.4 Å². The number of benzene rings is 2. The maximum atomic E-state index is 13.2. The number of nitrogens with one attached hydrogen (secondary N) is 1. The molecule has 2 aromatic carbocycles. The molecule has 0 saturated carbocycles. The minimum absolute atomic E-state index is 0.0190. The molecule has 0 bridgehead atoms. The molecule has 0 atom stereocenters. The summed E-state index contributed by atoms with van der Waals surface area (Å²) in [5.74, 6) is -0.163. The molecule has 2 aliphatic rings. The number of halogens is 1. The summed E-state index contributed by atoms with van der Waals surface area (Å²) in [6.45, 7) is 3.15. The van der Waals surface area contributed by atoms with Crippen molar-refractivity contribution in [2.45, 2.75) is 12.8 Å². The van der Waals surface area contributed by atoms with Crippen molar-refractivity contribution in [2.24, 2.45) is 0 Å². The number of carbonyl (C=O) groups excluding carboxylic acids is 3. The van der Waals surface area contributed by atoms with Crippen molar-refractivity contribution in [1.29, 1.82) is 0 Å². The van der Waals surface area contributed by atoms with Crippen molar-refractivity contribution in [3.05, 3.63) is 59.1 Å². The van der Waals surface area contributed by atoms with Crippen LogP contribution in [0.15, 0.2) is 48.5 Å². The van der Waals surface area contributed by atoms with Crippen molar-refractivity contribution in [3.8, 4) is 0 Å². The summed E-state index contributed by atoms with van der Waals surface area (Å²) in [6, 6.07) is 14.4. The van der Waals surface area contributed by atoms with Crippen LogP contribution in [0.3, 0.4) is 0 Å². The van der Waals surface area contributed by atoms with E-state index in [9.17, 15) is 14.4 Å². The lowest BCUT2D eigenvalue weighted by Crippen LogP contribution is -2.50. The molecule has 2 saturated heterocycles. The van der Waals surface area contributed by atoms with Crippen LogP contribution < -0.4 is 10.2 Å². The van der Waals surface area contributed by atoms with E-state index >= 15 is 0 Å². The van der Waals surface area contributed by atoms with Gasteiger partial charge in [0.1, 0.15) is 0 Å². The molecule has 2 fully saturated rings. The van der Waals surface area contributed by atoms with Gasteiger partial charge < -0.3 is 15.1 Å². The zero-order chi connectivity index (χ0) is 21.8. The number of anilines is 2. The zero-order valence-electron chi connectivity index (χ0n) is 17.2. The van der Waals surface area contributed by atoms with Crippen LogP contribution in [0.25, 0.3) is 0 Å². The lowest BCUT2D eigenvalue weighted by Gasteiger charge is -2.35. The van der Waals surface area contributed by atoms with Crippen LogP contribution in [-0.4, -0.2) is 66.8 Å². The number of carbonyl (C=O) groups is 3. The molecule has 2 aromatic rings. The van der Waals surface area contributed by atoms with Crippen LogP contribution in [0.5, 0.6) is 0 Å². The van der Waals surface area contributed by atoms with Gasteiger partial charge in [0.15, 0.2) is 0 Å². The first-order valence-electron chi connectivity index (χ1n) is 10.5. The number of rotatable bonds is 5. The second kappa shape index (κ2) is 9.49. The minimum atomic E-state index is -0.111. The van der Waals surface area contributed by atoms with Crippen LogP contribution in [0.1, 0.15) is 23.2 Å². The Morgan fingerprint density at radius 1 is 0.968 bits per heavy atom. The average Bonchev–Trinajstić information content (AvgIpc) is 3.20. The van der Waals surface area contributed by atoms with Gasteiger partial charge in [0.05, 0.1) is 17.8 Å². The smallest absolute Gasteiger partial charge is 0.256 e. The molecule has 7 nitrogen and oxygen atoms in total. The Bertz CT molecular complexity index is 974. The molecular formula is C23H25ClN4O3. The van der Waals surface area contributed by atoms with Crippen molar-refractivity contribution in [3.63, 3.8) is 0 Å². The first-order valence-corrected chi connectivity index (χ1v) is 10.9. The molecule has 4 rings (SSSR count). The third kappa shape index (κ3) is 5.06.